The molecule has 0 bridgehead atoms. The van der Waals surface area contributed by atoms with Gasteiger partial charge in [0.05, 0.1) is 17.9 Å². The number of hydrogen-bond donors (Lipinski definition) is 1. The highest BCUT2D eigenvalue weighted by Gasteiger charge is 2.02. The standard InChI is InChI=1S/C11H11ClN2O2/c1-2-16-10(15)5-3-4-8-9(13)6-7-14-11(8)12/h6-7H,2,5H2,1H3,(H2,13,14). The van der Waals surface area contributed by atoms with Crippen molar-refractivity contribution in [1.82, 2.24) is 4.98 Å². The first kappa shape index (κ1) is 12.3. The van der Waals surface area contributed by atoms with Gasteiger partial charge < -0.3 is 10.5 Å². The average Bonchev–Trinajstić information content (AvgIpc) is 2.23. The number of pyridine rings is 1. The lowest BCUT2D eigenvalue weighted by Crippen LogP contribution is -2.01. The van der Waals surface area contributed by atoms with Gasteiger partial charge in [-0.25, -0.2) is 4.98 Å². The number of anilines is 1. The van der Waals surface area contributed by atoms with Crippen LogP contribution < -0.4 is 5.73 Å². The molecule has 0 amide bonds. The summed E-state index contributed by atoms with van der Waals surface area (Å²) in [5, 5.41) is 0.233. The van der Waals surface area contributed by atoms with E-state index in [0.717, 1.165) is 0 Å². The highest BCUT2D eigenvalue weighted by Crippen LogP contribution is 2.17. The molecule has 0 unspecified atom stereocenters. The summed E-state index contributed by atoms with van der Waals surface area (Å²) >= 11 is 5.80. The van der Waals surface area contributed by atoms with Gasteiger partial charge in [-0.15, -0.1) is 0 Å². The molecule has 0 spiro atoms. The summed E-state index contributed by atoms with van der Waals surface area (Å²) in [5.41, 5.74) is 6.53. The van der Waals surface area contributed by atoms with Gasteiger partial charge in [-0.05, 0) is 13.0 Å². The predicted octanol–water partition coefficient (Wildman–Crippen LogP) is 1.62. The lowest BCUT2D eigenvalue weighted by Gasteiger charge is -1.98. The number of carbonyl (C=O) groups is 1. The molecule has 5 heteroatoms. The Morgan fingerprint density at radius 3 is 3.06 bits per heavy atom. The normalized spacial score (nSPS) is 9.12. The number of esters is 1. The third-order valence-corrected chi connectivity index (χ3v) is 1.97. The zero-order valence-corrected chi connectivity index (χ0v) is 9.54. The highest BCUT2D eigenvalue weighted by atomic mass is 35.5. The maximum atomic E-state index is 11.0. The summed E-state index contributed by atoms with van der Waals surface area (Å²) in [5.74, 6) is 4.97. The van der Waals surface area contributed by atoms with Crippen molar-refractivity contribution < 1.29 is 9.53 Å². The van der Waals surface area contributed by atoms with E-state index in [1.54, 1.807) is 13.0 Å². The molecule has 84 valence electrons. The maximum Gasteiger partial charge on any atom is 0.317 e. The van der Waals surface area contributed by atoms with Gasteiger partial charge in [0.25, 0.3) is 0 Å². The number of halogens is 1. The van der Waals surface area contributed by atoms with Gasteiger partial charge in [0, 0.05) is 6.20 Å². The van der Waals surface area contributed by atoms with E-state index in [4.69, 9.17) is 22.1 Å². The molecule has 4 nitrogen and oxygen atoms in total. The van der Waals surface area contributed by atoms with Crippen LogP contribution >= 0.6 is 11.6 Å². The Kier molecular flexibility index (Phi) is 4.62. The van der Waals surface area contributed by atoms with Crippen LogP contribution in [0.15, 0.2) is 12.3 Å². The molecule has 0 fully saturated rings. The van der Waals surface area contributed by atoms with Gasteiger partial charge in [-0.1, -0.05) is 23.4 Å². The molecule has 0 aromatic carbocycles. The largest absolute Gasteiger partial charge is 0.465 e. The first-order valence-corrected chi connectivity index (χ1v) is 5.07. The summed E-state index contributed by atoms with van der Waals surface area (Å²) in [7, 11) is 0. The van der Waals surface area contributed by atoms with Crippen LogP contribution in [0.5, 0.6) is 0 Å². The monoisotopic (exact) mass is 238 g/mol. The third-order valence-electron chi connectivity index (χ3n) is 1.69. The fourth-order valence-electron chi connectivity index (χ4n) is 0.991. The van der Waals surface area contributed by atoms with Crippen LogP contribution in [0.4, 0.5) is 5.69 Å². The van der Waals surface area contributed by atoms with Gasteiger partial charge in [0.1, 0.15) is 11.6 Å². The average molecular weight is 239 g/mol. The maximum absolute atomic E-state index is 11.0. The van der Waals surface area contributed by atoms with Gasteiger partial charge in [-0.2, -0.15) is 0 Å². The van der Waals surface area contributed by atoms with Gasteiger partial charge in [-0.3, -0.25) is 4.79 Å². The Hall–Kier alpha value is -1.73. The summed E-state index contributed by atoms with van der Waals surface area (Å²) in [6, 6.07) is 1.60. The SMILES string of the molecule is CCOC(=O)CC#Cc1c(N)ccnc1Cl. The van der Waals surface area contributed by atoms with Crippen LogP contribution in [-0.2, 0) is 9.53 Å². The fourth-order valence-corrected chi connectivity index (χ4v) is 1.20. The summed E-state index contributed by atoms with van der Waals surface area (Å²) in [6.07, 6.45) is 1.51. The van der Waals surface area contributed by atoms with E-state index in [1.165, 1.54) is 6.20 Å². The number of ether oxygens (including phenoxy) is 1. The highest BCUT2D eigenvalue weighted by molar-refractivity contribution is 6.30. The van der Waals surface area contributed by atoms with Crippen LogP contribution in [-0.4, -0.2) is 17.6 Å². The second-order valence-electron chi connectivity index (χ2n) is 2.85. The molecule has 0 saturated heterocycles. The van der Waals surface area contributed by atoms with E-state index in [-0.39, 0.29) is 17.5 Å². The van der Waals surface area contributed by atoms with E-state index >= 15 is 0 Å². The number of aromatic nitrogens is 1. The molecule has 2 N–H and O–H groups in total. The first-order chi connectivity index (χ1) is 7.65. The zero-order valence-electron chi connectivity index (χ0n) is 8.79. The second kappa shape index (κ2) is 5.99. The van der Waals surface area contributed by atoms with E-state index in [1.807, 2.05) is 0 Å². The lowest BCUT2D eigenvalue weighted by atomic mass is 10.2. The van der Waals surface area contributed by atoms with Crippen molar-refractivity contribution >= 4 is 23.3 Å². The number of nitrogens with zero attached hydrogens (tertiary/aromatic N) is 1. The van der Waals surface area contributed by atoms with Crippen LogP contribution in [0.3, 0.4) is 0 Å². The van der Waals surface area contributed by atoms with Gasteiger partial charge in [0.2, 0.25) is 0 Å². The minimum absolute atomic E-state index is 0.0124. The molecule has 0 saturated carbocycles. The van der Waals surface area contributed by atoms with Crippen molar-refractivity contribution in [2.45, 2.75) is 13.3 Å². The van der Waals surface area contributed by atoms with Crippen molar-refractivity contribution in [3.8, 4) is 11.8 Å². The van der Waals surface area contributed by atoms with Crippen molar-refractivity contribution in [2.75, 3.05) is 12.3 Å². The molecule has 1 heterocycles. The van der Waals surface area contributed by atoms with Crippen molar-refractivity contribution in [3.05, 3.63) is 23.0 Å². The molecule has 1 aromatic rings. The number of carbonyl (C=O) groups excluding carboxylic acids is 1. The van der Waals surface area contributed by atoms with E-state index < -0.39 is 0 Å². The quantitative estimate of drug-likeness (QED) is 0.483. The van der Waals surface area contributed by atoms with Crippen molar-refractivity contribution in [2.24, 2.45) is 0 Å². The van der Waals surface area contributed by atoms with Crippen LogP contribution in [0.1, 0.15) is 18.9 Å². The first-order valence-electron chi connectivity index (χ1n) is 4.69. The number of hydrogen-bond acceptors (Lipinski definition) is 4. The van der Waals surface area contributed by atoms with Crippen molar-refractivity contribution in [3.63, 3.8) is 0 Å². The molecule has 0 aliphatic heterocycles. The second-order valence-corrected chi connectivity index (χ2v) is 3.21. The fraction of sp³-hybridized carbons (Fsp3) is 0.273. The smallest absolute Gasteiger partial charge is 0.317 e. The molecule has 0 atom stereocenters. The van der Waals surface area contributed by atoms with E-state index in [9.17, 15) is 4.79 Å². The molecule has 0 radical (unpaired) electrons. The summed E-state index contributed by atoms with van der Waals surface area (Å²) in [4.78, 5) is 14.8. The molecule has 0 aliphatic carbocycles. The van der Waals surface area contributed by atoms with Crippen LogP contribution in [0, 0.1) is 11.8 Å². The summed E-state index contributed by atoms with van der Waals surface area (Å²) in [6.45, 7) is 2.08. The molecular formula is C11H11ClN2O2. The third kappa shape index (κ3) is 3.44. The van der Waals surface area contributed by atoms with Gasteiger partial charge in [0.15, 0.2) is 0 Å². The van der Waals surface area contributed by atoms with Crippen LogP contribution in [0.2, 0.25) is 5.15 Å². The van der Waals surface area contributed by atoms with Crippen LogP contribution in [0.25, 0.3) is 0 Å². The van der Waals surface area contributed by atoms with Crippen molar-refractivity contribution in [1.29, 1.82) is 0 Å². The molecular weight excluding hydrogens is 228 g/mol. The molecule has 16 heavy (non-hydrogen) atoms. The minimum atomic E-state index is -0.367. The van der Waals surface area contributed by atoms with Gasteiger partial charge >= 0.3 is 5.97 Å². The molecule has 0 aliphatic rings. The Morgan fingerprint density at radius 1 is 1.69 bits per heavy atom. The Balaban J connectivity index is 2.74. The zero-order chi connectivity index (χ0) is 12.0. The molecule has 1 aromatic heterocycles. The summed E-state index contributed by atoms with van der Waals surface area (Å²) < 4.78 is 4.72. The Labute approximate surface area is 98.8 Å². The number of rotatable bonds is 2. The lowest BCUT2D eigenvalue weighted by molar-refractivity contribution is -0.141. The Morgan fingerprint density at radius 2 is 2.44 bits per heavy atom. The van der Waals surface area contributed by atoms with E-state index in [0.29, 0.717) is 17.9 Å². The number of nitrogen functional groups attached to an aromatic ring is 1. The predicted molar refractivity (Wildman–Crippen MR) is 61.8 cm³/mol. The minimum Gasteiger partial charge on any atom is -0.465 e. The molecule has 1 rings (SSSR count). The Bertz CT molecular complexity index is 429. The number of nitrogens with two attached hydrogens (primary N) is 1. The topological polar surface area (TPSA) is 65.2 Å². The van der Waals surface area contributed by atoms with E-state index in [2.05, 4.69) is 16.8 Å².